The Labute approximate surface area is 180 Å². The molecule has 7 nitrogen and oxygen atoms in total. The number of anilines is 1. The van der Waals surface area contributed by atoms with Gasteiger partial charge in [-0.2, -0.15) is 4.31 Å². The fourth-order valence-electron chi connectivity index (χ4n) is 3.41. The van der Waals surface area contributed by atoms with Crippen LogP contribution in [0.4, 0.5) is 5.69 Å². The monoisotopic (exact) mass is 444 g/mol. The topological polar surface area (TPSA) is 95.2 Å². The Hall–Kier alpha value is -2.36. The summed E-state index contributed by atoms with van der Waals surface area (Å²) < 4.78 is 27.0. The number of aromatic amines is 1. The zero-order valence-corrected chi connectivity index (χ0v) is 18.3. The predicted octanol–water partition coefficient (Wildman–Crippen LogP) is 3.86. The van der Waals surface area contributed by atoms with Crippen molar-refractivity contribution in [2.75, 3.05) is 18.4 Å². The van der Waals surface area contributed by atoms with E-state index in [1.165, 1.54) is 16.1 Å². The number of sulfonamides is 1. The van der Waals surface area contributed by atoms with Gasteiger partial charge in [0.1, 0.15) is 0 Å². The number of rotatable bonds is 6. The van der Waals surface area contributed by atoms with Crippen LogP contribution < -0.4 is 5.32 Å². The standard InChI is InChI=1S/C21H24N4O3S2/c1-15(29-21-23-18-7-3-4-8-19(18)24-21)20(26)22-16-9-11-17(12-10-16)30(27,28)25-13-5-2-6-14-25/h3-4,7-12,15H,2,5-6,13-14H2,1H3,(H,22,26)(H,23,24). The van der Waals surface area contributed by atoms with Crippen LogP contribution in [-0.4, -0.2) is 46.9 Å². The van der Waals surface area contributed by atoms with Crippen LogP contribution >= 0.6 is 11.8 Å². The second kappa shape index (κ2) is 8.79. The number of para-hydroxylation sites is 2. The number of hydrogen-bond acceptors (Lipinski definition) is 5. The third kappa shape index (κ3) is 4.53. The van der Waals surface area contributed by atoms with Crippen LogP contribution in [0, 0.1) is 0 Å². The molecule has 0 aliphatic carbocycles. The van der Waals surface area contributed by atoms with Gasteiger partial charge in [0.25, 0.3) is 0 Å². The molecular formula is C21H24N4O3S2. The van der Waals surface area contributed by atoms with Gasteiger partial charge in [0.05, 0.1) is 21.2 Å². The van der Waals surface area contributed by atoms with E-state index in [9.17, 15) is 13.2 Å². The van der Waals surface area contributed by atoms with E-state index in [-0.39, 0.29) is 16.1 Å². The molecule has 1 aliphatic heterocycles. The highest BCUT2D eigenvalue weighted by Gasteiger charge is 2.26. The first-order valence-corrected chi connectivity index (χ1v) is 12.3. The molecule has 0 saturated carbocycles. The number of nitrogens with one attached hydrogen (secondary N) is 2. The quantitative estimate of drug-likeness (QED) is 0.563. The average Bonchev–Trinajstić information content (AvgIpc) is 3.17. The van der Waals surface area contributed by atoms with Gasteiger partial charge in [-0.25, -0.2) is 13.4 Å². The van der Waals surface area contributed by atoms with Gasteiger partial charge < -0.3 is 10.3 Å². The first-order chi connectivity index (χ1) is 14.4. The molecule has 4 rings (SSSR count). The van der Waals surface area contributed by atoms with Gasteiger partial charge in [-0.3, -0.25) is 4.79 Å². The number of carbonyl (C=O) groups excluding carboxylic acids is 1. The SMILES string of the molecule is CC(Sc1nc2ccccc2[nH]1)C(=O)Nc1ccc(S(=O)(=O)N2CCCCC2)cc1. The number of amides is 1. The van der Waals surface area contributed by atoms with Crippen molar-refractivity contribution in [3.63, 3.8) is 0 Å². The Morgan fingerprint density at radius 1 is 1.10 bits per heavy atom. The Kier molecular flexibility index (Phi) is 6.12. The summed E-state index contributed by atoms with van der Waals surface area (Å²) in [6, 6.07) is 14.1. The van der Waals surface area contributed by atoms with Crippen molar-refractivity contribution < 1.29 is 13.2 Å². The van der Waals surface area contributed by atoms with Crippen molar-refractivity contribution >= 4 is 44.4 Å². The Bertz CT molecular complexity index is 1100. The Morgan fingerprint density at radius 2 is 1.80 bits per heavy atom. The summed E-state index contributed by atoms with van der Waals surface area (Å²) in [7, 11) is -3.47. The van der Waals surface area contributed by atoms with E-state index in [1.807, 2.05) is 31.2 Å². The Balaban J connectivity index is 1.39. The van der Waals surface area contributed by atoms with Crippen LogP contribution in [0.5, 0.6) is 0 Å². The highest BCUT2D eigenvalue weighted by molar-refractivity contribution is 8.00. The number of piperidine rings is 1. The molecule has 1 atom stereocenters. The average molecular weight is 445 g/mol. The molecule has 2 N–H and O–H groups in total. The molecule has 2 heterocycles. The highest BCUT2D eigenvalue weighted by atomic mass is 32.2. The van der Waals surface area contributed by atoms with Gasteiger partial charge in [-0.15, -0.1) is 0 Å². The van der Waals surface area contributed by atoms with Gasteiger partial charge in [-0.1, -0.05) is 30.3 Å². The molecule has 1 aliphatic rings. The number of nitrogens with zero attached hydrogens (tertiary/aromatic N) is 2. The number of aromatic nitrogens is 2. The van der Waals surface area contributed by atoms with Crippen molar-refractivity contribution in [2.45, 2.75) is 41.5 Å². The van der Waals surface area contributed by atoms with Gasteiger partial charge in [0.2, 0.25) is 15.9 Å². The Morgan fingerprint density at radius 3 is 2.50 bits per heavy atom. The van der Waals surface area contributed by atoms with Crippen LogP contribution in [0.15, 0.2) is 58.6 Å². The van der Waals surface area contributed by atoms with Gasteiger partial charge >= 0.3 is 0 Å². The molecule has 1 fully saturated rings. The maximum atomic E-state index is 12.7. The maximum Gasteiger partial charge on any atom is 0.243 e. The van der Waals surface area contributed by atoms with Crippen LogP contribution in [0.25, 0.3) is 11.0 Å². The molecule has 30 heavy (non-hydrogen) atoms. The molecule has 1 unspecified atom stereocenters. The summed E-state index contributed by atoms with van der Waals surface area (Å²) in [4.78, 5) is 20.5. The molecule has 9 heteroatoms. The summed E-state index contributed by atoms with van der Waals surface area (Å²) in [5.41, 5.74) is 2.35. The third-order valence-corrected chi connectivity index (χ3v) is 8.00. The molecule has 2 aromatic carbocycles. The van der Waals surface area contributed by atoms with E-state index in [0.29, 0.717) is 23.9 Å². The van der Waals surface area contributed by atoms with E-state index in [1.54, 1.807) is 24.3 Å². The van der Waals surface area contributed by atoms with E-state index < -0.39 is 10.0 Å². The van der Waals surface area contributed by atoms with Gasteiger partial charge in [0.15, 0.2) is 5.16 Å². The van der Waals surface area contributed by atoms with Gasteiger partial charge in [-0.05, 0) is 56.2 Å². The molecule has 0 radical (unpaired) electrons. The van der Waals surface area contributed by atoms with E-state index in [4.69, 9.17) is 0 Å². The highest BCUT2D eigenvalue weighted by Crippen LogP contribution is 2.25. The molecule has 3 aromatic rings. The van der Waals surface area contributed by atoms with Crippen LogP contribution in [0.2, 0.25) is 0 Å². The largest absolute Gasteiger partial charge is 0.333 e. The maximum absolute atomic E-state index is 12.7. The molecule has 1 saturated heterocycles. The zero-order chi connectivity index (χ0) is 21.1. The minimum Gasteiger partial charge on any atom is -0.333 e. The van der Waals surface area contributed by atoms with Gasteiger partial charge in [0, 0.05) is 18.8 Å². The lowest BCUT2D eigenvalue weighted by Gasteiger charge is -2.25. The fraction of sp³-hybridized carbons (Fsp3) is 0.333. The smallest absolute Gasteiger partial charge is 0.243 e. The van der Waals surface area contributed by atoms with Crippen molar-refractivity contribution in [3.8, 4) is 0 Å². The van der Waals surface area contributed by atoms with Crippen LogP contribution in [0.3, 0.4) is 0 Å². The first-order valence-electron chi connectivity index (χ1n) is 9.96. The summed E-state index contributed by atoms with van der Waals surface area (Å²) in [5.74, 6) is -0.174. The number of carbonyl (C=O) groups is 1. The molecule has 158 valence electrons. The third-order valence-electron chi connectivity index (χ3n) is 5.10. The first kappa shape index (κ1) is 20.9. The molecule has 0 spiro atoms. The minimum absolute atomic E-state index is 0.174. The predicted molar refractivity (Wildman–Crippen MR) is 119 cm³/mol. The second-order valence-corrected chi connectivity index (χ2v) is 10.6. The summed E-state index contributed by atoms with van der Waals surface area (Å²) >= 11 is 1.34. The summed E-state index contributed by atoms with van der Waals surface area (Å²) in [6.07, 6.45) is 2.86. The van der Waals surface area contributed by atoms with Crippen molar-refractivity contribution in [1.29, 1.82) is 0 Å². The van der Waals surface area contributed by atoms with Crippen LogP contribution in [0.1, 0.15) is 26.2 Å². The number of thioether (sulfide) groups is 1. The number of hydrogen-bond donors (Lipinski definition) is 2. The number of H-pyrrole nitrogens is 1. The van der Waals surface area contributed by atoms with E-state index in [0.717, 1.165) is 30.3 Å². The lowest BCUT2D eigenvalue weighted by Crippen LogP contribution is -2.35. The van der Waals surface area contributed by atoms with Crippen molar-refractivity contribution in [3.05, 3.63) is 48.5 Å². The minimum atomic E-state index is -3.47. The molecule has 1 amide bonds. The van der Waals surface area contributed by atoms with Crippen molar-refractivity contribution in [2.24, 2.45) is 0 Å². The van der Waals surface area contributed by atoms with E-state index in [2.05, 4.69) is 15.3 Å². The lowest BCUT2D eigenvalue weighted by molar-refractivity contribution is -0.115. The molecule has 0 bridgehead atoms. The summed E-state index contributed by atoms with van der Waals surface area (Å²) in [6.45, 7) is 2.94. The van der Waals surface area contributed by atoms with Crippen molar-refractivity contribution in [1.82, 2.24) is 14.3 Å². The zero-order valence-electron chi connectivity index (χ0n) is 16.7. The summed E-state index contributed by atoms with van der Waals surface area (Å²) in [5, 5.41) is 3.15. The van der Waals surface area contributed by atoms with Crippen LogP contribution in [-0.2, 0) is 14.8 Å². The van der Waals surface area contributed by atoms with E-state index >= 15 is 0 Å². The lowest BCUT2D eigenvalue weighted by atomic mass is 10.2. The number of benzene rings is 2. The number of fused-ring (bicyclic) bond motifs is 1. The second-order valence-electron chi connectivity index (χ2n) is 7.30. The fourth-order valence-corrected chi connectivity index (χ4v) is 5.75. The molecule has 1 aromatic heterocycles. The normalized spacial score (nSPS) is 16.4. The molecular weight excluding hydrogens is 420 g/mol. The number of imidazole rings is 1.